The lowest BCUT2D eigenvalue weighted by molar-refractivity contribution is 0.602. The maximum Gasteiger partial charge on any atom is 0.132 e. The van der Waals surface area contributed by atoms with E-state index in [9.17, 15) is 8.78 Å². The highest BCUT2D eigenvalue weighted by Gasteiger charge is 2.09. The van der Waals surface area contributed by atoms with E-state index in [1.807, 2.05) is 0 Å². The Kier molecular flexibility index (Phi) is 2.64. The van der Waals surface area contributed by atoms with Gasteiger partial charge in [0, 0.05) is 11.3 Å². The van der Waals surface area contributed by atoms with Crippen LogP contribution >= 0.6 is 0 Å². The van der Waals surface area contributed by atoms with Gasteiger partial charge in [0.1, 0.15) is 17.5 Å². The molecule has 0 spiro atoms. The first kappa shape index (κ1) is 10.7. The molecule has 0 radical (unpaired) electrons. The Labute approximate surface area is 92.0 Å². The van der Waals surface area contributed by atoms with Crippen molar-refractivity contribution in [2.45, 2.75) is 13.8 Å². The van der Waals surface area contributed by atoms with Crippen LogP contribution < -0.4 is 0 Å². The van der Waals surface area contributed by atoms with Gasteiger partial charge in [-0.15, -0.1) is 0 Å². The van der Waals surface area contributed by atoms with Gasteiger partial charge in [-0.25, -0.2) is 18.7 Å². The van der Waals surface area contributed by atoms with Gasteiger partial charge >= 0.3 is 0 Å². The van der Waals surface area contributed by atoms with E-state index in [0.29, 0.717) is 11.5 Å². The molecule has 0 amide bonds. The van der Waals surface area contributed by atoms with Gasteiger partial charge in [0.05, 0.1) is 5.69 Å². The zero-order valence-corrected chi connectivity index (χ0v) is 8.96. The van der Waals surface area contributed by atoms with Crippen molar-refractivity contribution >= 4 is 0 Å². The molecule has 0 aliphatic heterocycles. The summed E-state index contributed by atoms with van der Waals surface area (Å²) in [6.45, 7) is 3.50. The van der Waals surface area contributed by atoms with Crippen LogP contribution in [0.4, 0.5) is 8.78 Å². The second-order valence-electron chi connectivity index (χ2n) is 3.57. The van der Waals surface area contributed by atoms with Crippen LogP contribution in [0.1, 0.15) is 11.5 Å². The number of aromatic nitrogens is 2. The highest BCUT2D eigenvalue weighted by molar-refractivity contribution is 5.60. The van der Waals surface area contributed by atoms with E-state index in [-0.39, 0.29) is 5.56 Å². The van der Waals surface area contributed by atoms with Crippen molar-refractivity contribution < 1.29 is 8.78 Å². The minimum absolute atomic E-state index is 0.161. The molecular weight excluding hydrogens is 210 g/mol. The highest BCUT2D eigenvalue weighted by atomic mass is 19.1. The number of aryl methyl sites for hydroxylation is 2. The minimum Gasteiger partial charge on any atom is -0.239 e. The van der Waals surface area contributed by atoms with Crippen molar-refractivity contribution in [1.29, 1.82) is 0 Å². The average molecular weight is 220 g/mol. The standard InChI is InChI=1S/C12H10F2N2/c1-7-5-12(16-8(2)15-7)10-6-9(13)3-4-11(10)14/h3-6H,1-2H3. The fraction of sp³-hybridized carbons (Fsp3) is 0.167. The van der Waals surface area contributed by atoms with E-state index < -0.39 is 11.6 Å². The predicted molar refractivity (Wildman–Crippen MR) is 56.9 cm³/mol. The lowest BCUT2D eigenvalue weighted by Crippen LogP contribution is -1.96. The molecule has 0 unspecified atom stereocenters. The first-order valence-electron chi connectivity index (χ1n) is 4.84. The maximum atomic E-state index is 13.5. The maximum absolute atomic E-state index is 13.5. The predicted octanol–water partition coefficient (Wildman–Crippen LogP) is 3.04. The number of hydrogen-bond acceptors (Lipinski definition) is 2. The van der Waals surface area contributed by atoms with E-state index in [4.69, 9.17) is 0 Å². The SMILES string of the molecule is Cc1cc(-c2cc(F)ccc2F)nc(C)n1. The third-order valence-corrected chi connectivity index (χ3v) is 2.17. The Balaban J connectivity index is 2.62. The molecule has 0 aliphatic carbocycles. The van der Waals surface area contributed by atoms with Crippen LogP contribution in [0.15, 0.2) is 24.3 Å². The first-order valence-corrected chi connectivity index (χ1v) is 4.84. The second-order valence-corrected chi connectivity index (χ2v) is 3.57. The number of hydrogen-bond donors (Lipinski definition) is 0. The quantitative estimate of drug-likeness (QED) is 0.738. The first-order chi connectivity index (χ1) is 7.56. The van der Waals surface area contributed by atoms with E-state index in [1.54, 1.807) is 19.9 Å². The van der Waals surface area contributed by atoms with Gasteiger partial charge in [-0.3, -0.25) is 0 Å². The van der Waals surface area contributed by atoms with Crippen molar-refractivity contribution in [2.24, 2.45) is 0 Å². The molecule has 16 heavy (non-hydrogen) atoms. The molecule has 4 heteroatoms. The zero-order chi connectivity index (χ0) is 11.7. The van der Waals surface area contributed by atoms with Crippen LogP contribution in [-0.4, -0.2) is 9.97 Å². The summed E-state index contributed by atoms with van der Waals surface area (Å²) in [6.07, 6.45) is 0. The van der Waals surface area contributed by atoms with E-state index >= 15 is 0 Å². The summed E-state index contributed by atoms with van der Waals surface area (Å²) in [5, 5.41) is 0. The van der Waals surface area contributed by atoms with Gasteiger partial charge in [-0.1, -0.05) is 0 Å². The van der Waals surface area contributed by atoms with Gasteiger partial charge in [0.15, 0.2) is 0 Å². The third kappa shape index (κ3) is 2.05. The molecule has 1 aromatic heterocycles. The summed E-state index contributed by atoms with van der Waals surface area (Å²) in [6, 6.07) is 4.94. The molecule has 82 valence electrons. The number of rotatable bonds is 1. The third-order valence-electron chi connectivity index (χ3n) is 2.17. The minimum atomic E-state index is -0.487. The van der Waals surface area contributed by atoms with Crippen molar-refractivity contribution in [3.05, 3.63) is 47.4 Å². The van der Waals surface area contributed by atoms with Gasteiger partial charge < -0.3 is 0 Å². The summed E-state index contributed by atoms with van der Waals surface area (Å²) < 4.78 is 26.5. The molecule has 1 heterocycles. The lowest BCUT2D eigenvalue weighted by Gasteiger charge is -2.05. The lowest BCUT2D eigenvalue weighted by atomic mass is 10.1. The van der Waals surface area contributed by atoms with Crippen LogP contribution in [0.3, 0.4) is 0 Å². The van der Waals surface area contributed by atoms with Crippen LogP contribution in [0.2, 0.25) is 0 Å². The fourth-order valence-corrected chi connectivity index (χ4v) is 1.55. The highest BCUT2D eigenvalue weighted by Crippen LogP contribution is 2.22. The largest absolute Gasteiger partial charge is 0.239 e. The molecule has 0 bridgehead atoms. The molecule has 0 saturated heterocycles. The Bertz CT molecular complexity index is 518. The van der Waals surface area contributed by atoms with Crippen molar-refractivity contribution in [3.63, 3.8) is 0 Å². The number of halogens is 2. The molecular formula is C12H10F2N2. The second kappa shape index (κ2) is 3.96. The molecule has 0 N–H and O–H groups in total. The van der Waals surface area contributed by atoms with Gasteiger partial charge in [0.25, 0.3) is 0 Å². The monoisotopic (exact) mass is 220 g/mol. The van der Waals surface area contributed by atoms with Crippen LogP contribution in [0.5, 0.6) is 0 Å². The molecule has 1 aromatic carbocycles. The Morgan fingerprint density at radius 3 is 2.44 bits per heavy atom. The Morgan fingerprint density at radius 2 is 1.75 bits per heavy atom. The van der Waals surface area contributed by atoms with Gasteiger partial charge in [-0.2, -0.15) is 0 Å². The van der Waals surface area contributed by atoms with Crippen molar-refractivity contribution in [1.82, 2.24) is 9.97 Å². The summed E-state index contributed by atoms with van der Waals surface area (Å²) in [5.74, 6) is -0.428. The summed E-state index contributed by atoms with van der Waals surface area (Å²) in [5.41, 5.74) is 1.29. The summed E-state index contributed by atoms with van der Waals surface area (Å²) in [4.78, 5) is 8.17. The fourth-order valence-electron chi connectivity index (χ4n) is 1.55. The smallest absolute Gasteiger partial charge is 0.132 e. The Hall–Kier alpha value is -1.84. The molecule has 0 aliphatic rings. The molecule has 2 aromatic rings. The molecule has 0 atom stereocenters. The molecule has 2 rings (SSSR count). The molecule has 0 fully saturated rings. The normalized spacial score (nSPS) is 10.5. The van der Waals surface area contributed by atoms with E-state index in [2.05, 4.69) is 9.97 Å². The summed E-state index contributed by atoms with van der Waals surface area (Å²) in [7, 11) is 0. The van der Waals surface area contributed by atoms with E-state index in [0.717, 1.165) is 23.9 Å². The topological polar surface area (TPSA) is 25.8 Å². The van der Waals surface area contributed by atoms with Crippen LogP contribution in [-0.2, 0) is 0 Å². The molecule has 2 nitrogen and oxygen atoms in total. The van der Waals surface area contributed by atoms with Gasteiger partial charge in [-0.05, 0) is 38.1 Å². The number of nitrogens with zero attached hydrogens (tertiary/aromatic N) is 2. The number of benzene rings is 1. The van der Waals surface area contributed by atoms with Gasteiger partial charge in [0.2, 0.25) is 0 Å². The average Bonchev–Trinajstić information content (AvgIpc) is 2.20. The van der Waals surface area contributed by atoms with Crippen LogP contribution in [0.25, 0.3) is 11.3 Å². The van der Waals surface area contributed by atoms with E-state index in [1.165, 1.54) is 0 Å². The van der Waals surface area contributed by atoms with Crippen molar-refractivity contribution in [2.75, 3.05) is 0 Å². The Morgan fingerprint density at radius 1 is 1.00 bits per heavy atom. The van der Waals surface area contributed by atoms with Crippen molar-refractivity contribution in [3.8, 4) is 11.3 Å². The zero-order valence-electron chi connectivity index (χ0n) is 8.96. The van der Waals surface area contributed by atoms with Crippen LogP contribution in [0, 0.1) is 25.5 Å². The summed E-state index contributed by atoms with van der Waals surface area (Å²) >= 11 is 0. The molecule has 0 saturated carbocycles.